The lowest BCUT2D eigenvalue weighted by Gasteiger charge is -2.24. The van der Waals surface area contributed by atoms with Gasteiger partial charge < -0.3 is 19.6 Å². The molecule has 1 fully saturated rings. The summed E-state index contributed by atoms with van der Waals surface area (Å²) in [6.07, 6.45) is 2.08. The number of aromatic nitrogens is 3. The minimum absolute atomic E-state index is 0.153. The molecule has 5 nitrogen and oxygen atoms in total. The average Bonchev–Trinajstić information content (AvgIpc) is 3.33. The van der Waals surface area contributed by atoms with Crippen molar-refractivity contribution in [3.05, 3.63) is 67.0 Å². The number of nitrogens with zero attached hydrogens (tertiary/aromatic N) is 2. The van der Waals surface area contributed by atoms with E-state index in [1.165, 1.54) is 5.39 Å². The Bertz CT molecular complexity index is 1010. The van der Waals surface area contributed by atoms with E-state index in [0.29, 0.717) is 0 Å². The lowest BCUT2D eigenvalue weighted by Crippen LogP contribution is -2.40. The van der Waals surface area contributed by atoms with E-state index in [1.807, 2.05) is 12.4 Å². The van der Waals surface area contributed by atoms with E-state index < -0.39 is 0 Å². The highest BCUT2D eigenvalue weighted by Gasteiger charge is 2.21. The minimum Gasteiger partial charge on any atom is -0.374 e. The molecule has 27 heavy (non-hydrogen) atoms. The molecule has 3 heterocycles. The lowest BCUT2D eigenvalue weighted by molar-refractivity contribution is 0.0184. The van der Waals surface area contributed by atoms with Gasteiger partial charge in [-0.25, -0.2) is 4.98 Å². The molecule has 5 rings (SSSR count). The first kappa shape index (κ1) is 16.3. The number of hydrogen-bond donors (Lipinski definition) is 2. The summed E-state index contributed by atoms with van der Waals surface area (Å²) >= 11 is 0. The van der Waals surface area contributed by atoms with Crippen molar-refractivity contribution in [2.75, 3.05) is 19.7 Å². The third kappa shape index (κ3) is 3.16. The van der Waals surface area contributed by atoms with Crippen LogP contribution in [0.4, 0.5) is 0 Å². The zero-order valence-corrected chi connectivity index (χ0v) is 15.1. The Morgan fingerprint density at radius 2 is 1.93 bits per heavy atom. The van der Waals surface area contributed by atoms with Gasteiger partial charge in [0, 0.05) is 29.6 Å². The molecule has 1 aliphatic rings. The number of aromatic amines is 1. The van der Waals surface area contributed by atoms with Gasteiger partial charge in [0.25, 0.3) is 0 Å². The van der Waals surface area contributed by atoms with Crippen molar-refractivity contribution in [1.82, 2.24) is 19.9 Å². The number of fused-ring (bicyclic) bond motifs is 1. The van der Waals surface area contributed by atoms with E-state index in [1.54, 1.807) is 0 Å². The molecular formula is C22H22N4O. The van der Waals surface area contributed by atoms with Crippen molar-refractivity contribution in [3.8, 4) is 22.6 Å². The van der Waals surface area contributed by atoms with Crippen molar-refractivity contribution in [2.45, 2.75) is 12.6 Å². The summed E-state index contributed by atoms with van der Waals surface area (Å²) in [5.74, 6) is 0. The average molecular weight is 358 g/mol. The molecule has 1 saturated heterocycles. The molecule has 0 amide bonds. The molecule has 1 aliphatic heterocycles. The number of benzene rings is 2. The molecule has 1 atom stereocenters. The molecule has 0 bridgehead atoms. The monoisotopic (exact) mass is 358 g/mol. The van der Waals surface area contributed by atoms with Crippen LogP contribution >= 0.6 is 0 Å². The zero-order valence-electron chi connectivity index (χ0n) is 15.1. The second-order valence-electron chi connectivity index (χ2n) is 6.93. The summed E-state index contributed by atoms with van der Waals surface area (Å²) in [7, 11) is 0. The Labute approximate surface area is 158 Å². The minimum atomic E-state index is 0.153. The van der Waals surface area contributed by atoms with Gasteiger partial charge in [-0.05, 0) is 12.1 Å². The van der Waals surface area contributed by atoms with E-state index in [0.717, 1.165) is 54.4 Å². The second-order valence-corrected chi connectivity index (χ2v) is 6.93. The van der Waals surface area contributed by atoms with Gasteiger partial charge in [-0.15, -0.1) is 0 Å². The number of para-hydroxylation sites is 1. The third-order valence-electron chi connectivity index (χ3n) is 5.07. The Morgan fingerprint density at radius 1 is 1.07 bits per heavy atom. The number of imidazole rings is 1. The molecule has 0 unspecified atom stereocenters. The maximum Gasteiger partial charge on any atom is 0.0978 e. The number of H-pyrrole nitrogens is 1. The van der Waals surface area contributed by atoms with Crippen LogP contribution in [-0.2, 0) is 11.3 Å². The molecule has 2 aromatic carbocycles. The first-order valence-electron chi connectivity index (χ1n) is 9.39. The van der Waals surface area contributed by atoms with Crippen LogP contribution in [-0.4, -0.2) is 40.3 Å². The molecule has 2 N–H and O–H groups in total. The third-order valence-corrected chi connectivity index (χ3v) is 5.07. The van der Waals surface area contributed by atoms with Crippen molar-refractivity contribution in [2.24, 2.45) is 0 Å². The molecule has 0 aliphatic carbocycles. The van der Waals surface area contributed by atoms with Gasteiger partial charge in [-0.1, -0.05) is 48.5 Å². The molecule has 4 aromatic rings. The van der Waals surface area contributed by atoms with Gasteiger partial charge in [0.1, 0.15) is 0 Å². The van der Waals surface area contributed by atoms with Crippen LogP contribution in [0.3, 0.4) is 0 Å². The largest absolute Gasteiger partial charge is 0.374 e. The highest BCUT2D eigenvalue weighted by molar-refractivity contribution is 5.88. The maximum atomic E-state index is 5.93. The highest BCUT2D eigenvalue weighted by atomic mass is 16.5. The number of morpholine rings is 1. The van der Waals surface area contributed by atoms with Gasteiger partial charge in [0.2, 0.25) is 0 Å². The van der Waals surface area contributed by atoms with Gasteiger partial charge >= 0.3 is 0 Å². The fourth-order valence-corrected chi connectivity index (χ4v) is 3.77. The number of ether oxygens (including phenoxy) is 1. The lowest BCUT2D eigenvalue weighted by atomic mass is 10.1. The smallest absolute Gasteiger partial charge is 0.0978 e. The van der Waals surface area contributed by atoms with Crippen LogP contribution in [0.1, 0.15) is 0 Å². The summed E-state index contributed by atoms with van der Waals surface area (Å²) < 4.78 is 8.14. The quantitative estimate of drug-likeness (QED) is 0.585. The first-order chi connectivity index (χ1) is 13.4. The van der Waals surface area contributed by atoms with Crippen molar-refractivity contribution >= 4 is 10.9 Å². The number of hydrogen-bond acceptors (Lipinski definition) is 3. The van der Waals surface area contributed by atoms with E-state index in [-0.39, 0.29) is 6.10 Å². The summed E-state index contributed by atoms with van der Waals surface area (Å²) in [5.41, 5.74) is 5.43. The number of rotatable bonds is 4. The predicted molar refractivity (Wildman–Crippen MR) is 108 cm³/mol. The molecule has 2 aromatic heterocycles. The Morgan fingerprint density at radius 3 is 2.74 bits per heavy atom. The molecule has 0 radical (unpaired) electrons. The molecule has 5 heteroatoms. The SMILES string of the molecule is c1ccc(-c2ncn(C[C@@H]3CNCCO3)c2-c2cc3ccccc3[nH]2)cc1. The van der Waals surface area contributed by atoms with Crippen molar-refractivity contribution in [3.63, 3.8) is 0 Å². The molecule has 0 spiro atoms. The van der Waals surface area contributed by atoms with E-state index in [2.05, 4.69) is 69.5 Å². The van der Waals surface area contributed by atoms with E-state index in [4.69, 9.17) is 9.72 Å². The van der Waals surface area contributed by atoms with Crippen LogP contribution in [0.2, 0.25) is 0 Å². The van der Waals surface area contributed by atoms with Crippen LogP contribution in [0.15, 0.2) is 67.0 Å². The van der Waals surface area contributed by atoms with Gasteiger partial charge in [0.15, 0.2) is 0 Å². The summed E-state index contributed by atoms with van der Waals surface area (Å²) in [5, 5.41) is 4.61. The van der Waals surface area contributed by atoms with Crippen LogP contribution in [0.25, 0.3) is 33.5 Å². The van der Waals surface area contributed by atoms with Crippen LogP contribution < -0.4 is 5.32 Å². The van der Waals surface area contributed by atoms with Crippen LogP contribution in [0, 0.1) is 0 Å². The zero-order chi connectivity index (χ0) is 18.1. The maximum absolute atomic E-state index is 5.93. The highest BCUT2D eigenvalue weighted by Crippen LogP contribution is 2.33. The Kier molecular flexibility index (Phi) is 4.24. The van der Waals surface area contributed by atoms with Crippen molar-refractivity contribution in [1.29, 1.82) is 0 Å². The van der Waals surface area contributed by atoms with Gasteiger partial charge in [0.05, 0.1) is 42.7 Å². The van der Waals surface area contributed by atoms with Crippen LogP contribution in [0.5, 0.6) is 0 Å². The summed E-state index contributed by atoms with van der Waals surface area (Å²) in [4.78, 5) is 8.33. The Balaban J connectivity index is 1.62. The van der Waals surface area contributed by atoms with E-state index >= 15 is 0 Å². The standard InChI is InChI=1S/C22H22N4O/c1-2-6-16(7-3-1)21-22(20-12-17-8-4-5-9-19(17)25-20)26(15-24-21)14-18-13-23-10-11-27-18/h1-9,12,15,18,23,25H,10-11,13-14H2/t18-/m0/s1. The van der Waals surface area contributed by atoms with E-state index in [9.17, 15) is 0 Å². The molecule has 0 saturated carbocycles. The van der Waals surface area contributed by atoms with Crippen molar-refractivity contribution < 1.29 is 4.74 Å². The summed E-state index contributed by atoms with van der Waals surface area (Å²) in [6, 6.07) is 20.9. The predicted octanol–water partition coefficient (Wildman–Crippen LogP) is 3.69. The van der Waals surface area contributed by atoms with Gasteiger partial charge in [-0.3, -0.25) is 0 Å². The first-order valence-corrected chi connectivity index (χ1v) is 9.39. The normalized spacial score (nSPS) is 17.4. The topological polar surface area (TPSA) is 54.9 Å². The summed E-state index contributed by atoms with van der Waals surface area (Å²) in [6.45, 7) is 3.32. The molecular weight excluding hydrogens is 336 g/mol. The Hall–Kier alpha value is -2.89. The fourth-order valence-electron chi connectivity index (χ4n) is 3.77. The van der Waals surface area contributed by atoms with Gasteiger partial charge in [-0.2, -0.15) is 0 Å². The number of nitrogens with one attached hydrogen (secondary N) is 2. The molecule has 136 valence electrons. The fraction of sp³-hybridized carbons (Fsp3) is 0.227. The second kappa shape index (κ2) is 7.02.